The third-order valence-corrected chi connectivity index (χ3v) is 12.0. The van der Waals surface area contributed by atoms with E-state index < -0.39 is 15.5 Å². The van der Waals surface area contributed by atoms with E-state index in [1.54, 1.807) is 33.1 Å². The second kappa shape index (κ2) is 46.8. The molecule has 0 radical (unpaired) electrons. The van der Waals surface area contributed by atoms with Crippen LogP contribution >= 0.6 is 32.9 Å². The van der Waals surface area contributed by atoms with Gasteiger partial charge in [0.05, 0.1) is 0 Å². The topological polar surface area (TPSA) is 181 Å². The van der Waals surface area contributed by atoms with Crippen molar-refractivity contribution >= 4 is 55.9 Å². The van der Waals surface area contributed by atoms with Crippen molar-refractivity contribution < 1.29 is 67.5 Å². The third kappa shape index (κ3) is 38.0. The first kappa shape index (κ1) is 70.7. The number of methoxy groups -OCH3 is 2. The zero-order chi connectivity index (χ0) is 48.5. The molecule has 0 aromatic heterocycles. The second-order valence-corrected chi connectivity index (χ2v) is 18.4. The van der Waals surface area contributed by atoms with Crippen molar-refractivity contribution in [3.63, 3.8) is 0 Å². The molecule has 22 heteroatoms. The summed E-state index contributed by atoms with van der Waals surface area (Å²) in [7, 11) is 5.39. The molecule has 5 rings (SSSR count). The van der Waals surface area contributed by atoms with Crippen molar-refractivity contribution in [1.29, 1.82) is 0 Å². The maximum absolute atomic E-state index is 11.7. The summed E-state index contributed by atoms with van der Waals surface area (Å²) >= 11 is 0. The Morgan fingerprint density at radius 1 is 0.636 bits per heavy atom. The maximum Gasteiger partial charge on any atom is 2.00 e. The van der Waals surface area contributed by atoms with Crippen LogP contribution in [-0.2, 0) is 67.9 Å². The minimum atomic E-state index is -3.11. The zero-order valence-corrected chi connectivity index (χ0v) is 46.2. The van der Waals surface area contributed by atoms with Gasteiger partial charge >= 0.3 is 55.9 Å². The van der Waals surface area contributed by atoms with Gasteiger partial charge in [0.1, 0.15) is 0 Å². The van der Waals surface area contributed by atoms with Crippen LogP contribution in [0.4, 0.5) is 0 Å². The molecule has 1 fully saturated rings. The van der Waals surface area contributed by atoms with Crippen LogP contribution in [-0.4, -0.2) is 116 Å². The molecule has 16 nitrogen and oxygen atoms in total. The van der Waals surface area contributed by atoms with E-state index >= 15 is 0 Å². The summed E-state index contributed by atoms with van der Waals surface area (Å²) in [5.74, 6) is 0.250. The Hall–Kier alpha value is -1.88. The van der Waals surface area contributed by atoms with Crippen molar-refractivity contribution in [2.45, 2.75) is 64.6 Å². The van der Waals surface area contributed by atoms with Crippen molar-refractivity contribution in [3.8, 4) is 0 Å². The van der Waals surface area contributed by atoms with Crippen LogP contribution in [0.3, 0.4) is 0 Å². The van der Waals surface area contributed by atoms with Crippen molar-refractivity contribution in [3.05, 3.63) is 144 Å². The fourth-order valence-corrected chi connectivity index (χ4v) is 7.62. The van der Waals surface area contributed by atoms with E-state index in [2.05, 4.69) is 47.8 Å². The van der Waals surface area contributed by atoms with Crippen LogP contribution < -0.4 is 28.5 Å². The molecule has 1 saturated heterocycles. The monoisotopic (exact) mass is 1030 g/mol. The average Bonchev–Trinajstić information content (AvgIpc) is 4.08. The van der Waals surface area contributed by atoms with E-state index in [0.717, 1.165) is 19.4 Å². The van der Waals surface area contributed by atoms with E-state index in [-0.39, 0.29) is 70.8 Å². The van der Waals surface area contributed by atoms with Gasteiger partial charge in [-0.2, -0.15) is 47.4 Å². The molecule has 4 aromatic carbocycles. The minimum Gasteiger partial charge on any atom is -1.00 e. The van der Waals surface area contributed by atoms with E-state index in [1.807, 2.05) is 142 Å². The maximum atomic E-state index is 11.7. The Labute approximate surface area is 420 Å². The first-order valence-electron chi connectivity index (χ1n) is 20.0. The van der Waals surface area contributed by atoms with Crippen LogP contribution in [0.1, 0.15) is 50.3 Å². The van der Waals surface area contributed by atoms with Gasteiger partial charge < -0.3 is 30.9 Å². The molecule has 0 saturated carbocycles. The molecule has 0 spiro atoms. The van der Waals surface area contributed by atoms with Gasteiger partial charge in [-0.15, -0.1) is 0 Å². The Bertz CT molecular complexity index is 1660. The van der Waals surface area contributed by atoms with E-state index in [1.165, 1.54) is 45.1 Å². The summed E-state index contributed by atoms with van der Waals surface area (Å²) in [6, 6.07) is 43.3. The minimum absolute atomic E-state index is 0. The first-order valence-corrected chi connectivity index (χ1v) is 24.5. The van der Waals surface area contributed by atoms with Gasteiger partial charge in [-0.05, 0) is 56.2 Å². The zero-order valence-electron chi connectivity index (χ0n) is 40.4. The van der Waals surface area contributed by atoms with Gasteiger partial charge in [0.25, 0.3) is 0 Å². The van der Waals surface area contributed by atoms with Gasteiger partial charge in [-0.25, -0.2) is 37.3 Å². The number of benzene rings is 4. The van der Waals surface area contributed by atoms with Crippen LogP contribution in [0.2, 0.25) is 0 Å². The smallest absolute Gasteiger partial charge is 1.00 e. The molecule has 66 heavy (non-hydrogen) atoms. The van der Waals surface area contributed by atoms with Gasteiger partial charge in [-0.3, -0.25) is 9.05 Å². The summed E-state index contributed by atoms with van der Waals surface area (Å²) in [5.41, 5.74) is 8.96. The van der Waals surface area contributed by atoms with Gasteiger partial charge in [0.15, 0.2) is 0 Å². The Balaban J connectivity index is -0.000000357. The van der Waals surface area contributed by atoms with E-state index in [4.69, 9.17) is 18.1 Å². The Kier molecular flexibility index (Phi) is 50.1. The third-order valence-electron chi connectivity index (χ3n) is 8.00. The molecule has 368 valence electrons. The number of nitrogens with zero attached hydrogens (tertiary/aromatic N) is 1. The predicted octanol–water partition coefficient (Wildman–Crippen LogP) is 7.20. The molecule has 1 aliphatic rings. The van der Waals surface area contributed by atoms with E-state index in [9.17, 15) is 18.3 Å². The predicted molar refractivity (Wildman–Crippen MR) is 262 cm³/mol. The number of nitrogens with one attached hydrogen (secondary N) is 3. The molecule has 4 aromatic rings. The molecular formula is C44H71ClMgN4O12P4. The quantitative estimate of drug-likeness (QED) is 0.0282. The Morgan fingerprint density at radius 3 is 1.24 bits per heavy atom. The van der Waals surface area contributed by atoms with Crippen LogP contribution in [0.15, 0.2) is 121 Å². The first-order chi connectivity index (χ1) is 30.7. The normalized spacial score (nSPS) is 14.6. The van der Waals surface area contributed by atoms with Crippen LogP contribution in [0.25, 0.3) is 0 Å². The van der Waals surface area contributed by atoms with Crippen LogP contribution in [0.5, 0.6) is 0 Å². The summed E-state index contributed by atoms with van der Waals surface area (Å²) in [4.78, 5) is 0. The molecule has 0 bridgehead atoms. The fourth-order valence-electron chi connectivity index (χ4n) is 4.78. The van der Waals surface area contributed by atoms with E-state index in [0.29, 0.717) is 12.6 Å². The van der Waals surface area contributed by atoms with Crippen molar-refractivity contribution in [1.82, 2.24) is 20.7 Å². The SMILES string of the molecule is CC(Cc1ccccc1)NOP=O.CC(Cc1ccccc1)NOP=O.COC.COC.COP(=O)(NCC(C)c1ccccc1)OC.COP(=O)(OC)N1CC1C.[Cl-].[Mg+2].[c-]1ccccc1. The molecule has 5 atom stereocenters. The van der Waals surface area contributed by atoms with Gasteiger partial charge in [0, 0.05) is 88.1 Å². The van der Waals surface area contributed by atoms with Crippen molar-refractivity contribution in [2.75, 3.05) is 70.0 Å². The summed E-state index contributed by atoms with van der Waals surface area (Å²) in [6.07, 6.45) is 1.72. The van der Waals surface area contributed by atoms with Crippen molar-refractivity contribution in [2.24, 2.45) is 0 Å². The number of hydrogen-bond donors (Lipinski definition) is 3. The Morgan fingerprint density at radius 2 is 0.985 bits per heavy atom. The van der Waals surface area contributed by atoms with Gasteiger partial charge in [0.2, 0.25) is 0 Å². The molecular weight excluding hydrogens is 960 g/mol. The number of hydrogen-bond acceptors (Lipinski definition) is 14. The average molecular weight is 1030 g/mol. The van der Waals surface area contributed by atoms with Gasteiger partial charge in [-0.1, -0.05) is 97.9 Å². The standard InChI is InChI=1S/C11H18NO3P.2C9H12NO2P.C6H5.C5H12NO3P.2C2H6O.ClH.Mg/c1-10(11-7-5-4-6-8-11)9-12-16(13,14-2)15-3;2*1-8(10-12-13-11)7-9-5-3-2-4-6-9;1-2-4-6-5-3-1;1-5-4-6(5)10(7,8-2)9-3;2*1-3-2;;/h4-8,10H,9H2,1-3H3,(H,12,13);2*2-6,8,10H,7H2,1H3;1-5H;5H,4H2,1-3H3;2*1-2H3;1H;/q;;;-1;;;;;+2/p-1. The summed E-state index contributed by atoms with van der Waals surface area (Å²) < 4.78 is 81.4. The second-order valence-electron chi connectivity index (χ2n) is 13.5. The number of ether oxygens (including phenoxy) is 2. The summed E-state index contributed by atoms with van der Waals surface area (Å²) in [6.45, 7) is 9.32. The molecule has 5 unspecified atom stereocenters. The number of halogens is 1. The molecule has 0 amide bonds. The molecule has 3 N–H and O–H groups in total. The number of rotatable bonds is 19. The number of hydroxylamine groups is 2. The largest absolute Gasteiger partial charge is 2.00 e. The molecule has 1 heterocycles. The summed E-state index contributed by atoms with van der Waals surface area (Å²) in [5, 5.41) is 2.80. The molecule has 0 aliphatic carbocycles. The fraction of sp³-hybridized carbons (Fsp3) is 0.455. The van der Waals surface area contributed by atoms with Crippen LogP contribution in [0, 0.1) is 6.07 Å². The molecule has 1 aliphatic heterocycles.